The highest BCUT2D eigenvalue weighted by atomic mass is 79.9. The molecule has 1 aliphatic rings. The summed E-state index contributed by atoms with van der Waals surface area (Å²) in [5.41, 5.74) is 7.83. The number of halogens is 1. The smallest absolute Gasteiger partial charge is 0.146 e. The molecule has 0 radical (unpaired) electrons. The number of nitrogens with two attached hydrogens (primary N) is 1. The van der Waals surface area contributed by atoms with Crippen LogP contribution in [0.5, 0.6) is 5.75 Å². The number of hydrogen-bond acceptors (Lipinski definition) is 2. The summed E-state index contributed by atoms with van der Waals surface area (Å²) in [5.74, 6) is 0.855. The molecule has 13 heavy (non-hydrogen) atoms. The fourth-order valence-corrected chi connectivity index (χ4v) is 2.08. The number of nitrogen functional groups attached to an aromatic ring is 1. The lowest BCUT2D eigenvalue weighted by Gasteiger charge is -2.15. The van der Waals surface area contributed by atoms with E-state index in [2.05, 4.69) is 35.8 Å². The summed E-state index contributed by atoms with van der Waals surface area (Å²) >= 11 is 3.43. The van der Waals surface area contributed by atoms with Crippen LogP contribution in [-0.4, -0.2) is 6.61 Å². The van der Waals surface area contributed by atoms with Gasteiger partial charge in [-0.3, -0.25) is 0 Å². The molecule has 0 atom stereocenters. The van der Waals surface area contributed by atoms with Crippen LogP contribution in [0, 0.1) is 0 Å². The quantitative estimate of drug-likeness (QED) is 0.710. The lowest BCUT2D eigenvalue weighted by molar-refractivity contribution is 0.292. The molecule has 0 bridgehead atoms. The molecule has 2 nitrogen and oxygen atoms in total. The van der Waals surface area contributed by atoms with Crippen molar-refractivity contribution in [3.8, 4) is 5.75 Å². The van der Waals surface area contributed by atoms with Crippen LogP contribution in [0.2, 0.25) is 0 Å². The van der Waals surface area contributed by atoms with Gasteiger partial charge in [0.2, 0.25) is 0 Å². The number of ether oxygens (including phenoxy) is 1. The van der Waals surface area contributed by atoms with E-state index in [1.807, 2.05) is 6.07 Å². The van der Waals surface area contributed by atoms with Crippen molar-refractivity contribution < 1.29 is 4.74 Å². The molecule has 1 aromatic rings. The van der Waals surface area contributed by atoms with Gasteiger partial charge in [-0.25, -0.2) is 0 Å². The second-order valence-corrected chi connectivity index (χ2v) is 4.96. The molecule has 1 heterocycles. The maximum absolute atomic E-state index is 5.84. The lowest BCUT2D eigenvalue weighted by Crippen LogP contribution is -2.18. The number of fused-ring (bicyclic) bond motifs is 1. The highest BCUT2D eigenvalue weighted by Crippen LogP contribution is 2.43. The summed E-state index contributed by atoms with van der Waals surface area (Å²) in [6, 6.07) is 3.96. The van der Waals surface area contributed by atoms with Crippen molar-refractivity contribution in [1.82, 2.24) is 0 Å². The second kappa shape index (κ2) is 2.64. The normalized spacial score (nSPS) is 18.1. The predicted molar refractivity (Wildman–Crippen MR) is 57.1 cm³/mol. The van der Waals surface area contributed by atoms with Gasteiger partial charge in [0.05, 0.1) is 12.3 Å². The van der Waals surface area contributed by atoms with Crippen molar-refractivity contribution in [2.75, 3.05) is 12.3 Å². The minimum Gasteiger partial charge on any atom is -0.490 e. The van der Waals surface area contributed by atoms with Gasteiger partial charge in [0, 0.05) is 15.5 Å². The Morgan fingerprint density at radius 1 is 1.46 bits per heavy atom. The van der Waals surface area contributed by atoms with Crippen molar-refractivity contribution in [3.05, 3.63) is 22.2 Å². The van der Waals surface area contributed by atoms with Gasteiger partial charge in [0.25, 0.3) is 0 Å². The third-order valence-corrected chi connectivity index (χ3v) is 2.85. The van der Waals surface area contributed by atoms with E-state index < -0.39 is 0 Å². The van der Waals surface area contributed by atoms with Gasteiger partial charge in [-0.15, -0.1) is 0 Å². The number of hydrogen-bond donors (Lipinski definition) is 1. The highest BCUT2D eigenvalue weighted by Gasteiger charge is 2.33. The fraction of sp³-hybridized carbons (Fsp3) is 0.400. The van der Waals surface area contributed by atoms with Gasteiger partial charge in [0.1, 0.15) is 5.75 Å². The molecule has 3 heteroatoms. The van der Waals surface area contributed by atoms with E-state index in [9.17, 15) is 0 Å². The molecule has 0 amide bonds. The first kappa shape index (κ1) is 8.88. The zero-order valence-electron chi connectivity index (χ0n) is 7.73. The first-order valence-electron chi connectivity index (χ1n) is 4.23. The van der Waals surface area contributed by atoms with Gasteiger partial charge in [-0.05, 0) is 12.1 Å². The van der Waals surface area contributed by atoms with E-state index in [1.165, 1.54) is 5.56 Å². The van der Waals surface area contributed by atoms with E-state index in [0.717, 1.165) is 15.9 Å². The number of rotatable bonds is 0. The summed E-state index contributed by atoms with van der Waals surface area (Å²) in [4.78, 5) is 0. The fourth-order valence-electron chi connectivity index (χ4n) is 1.61. The summed E-state index contributed by atoms with van der Waals surface area (Å²) in [7, 11) is 0. The molecule has 0 aliphatic carbocycles. The Hall–Kier alpha value is -0.700. The Morgan fingerprint density at radius 2 is 2.15 bits per heavy atom. The third-order valence-electron chi connectivity index (χ3n) is 2.39. The maximum Gasteiger partial charge on any atom is 0.146 e. The van der Waals surface area contributed by atoms with E-state index in [-0.39, 0.29) is 5.41 Å². The van der Waals surface area contributed by atoms with E-state index in [1.54, 1.807) is 0 Å². The molecule has 1 aromatic carbocycles. The van der Waals surface area contributed by atoms with Crippen LogP contribution in [0.1, 0.15) is 19.4 Å². The molecule has 2 rings (SSSR count). The topological polar surface area (TPSA) is 35.2 Å². The molecule has 0 unspecified atom stereocenters. The van der Waals surface area contributed by atoms with Crippen LogP contribution < -0.4 is 10.5 Å². The molecule has 0 saturated heterocycles. The molecule has 0 aromatic heterocycles. The van der Waals surface area contributed by atoms with Crippen LogP contribution in [-0.2, 0) is 5.41 Å². The first-order valence-corrected chi connectivity index (χ1v) is 5.02. The SMILES string of the molecule is CC1(C)COc2c(N)cc(Br)cc21. The van der Waals surface area contributed by atoms with E-state index in [4.69, 9.17) is 10.5 Å². The van der Waals surface area contributed by atoms with E-state index >= 15 is 0 Å². The lowest BCUT2D eigenvalue weighted by atomic mass is 9.87. The molecular weight excluding hydrogens is 230 g/mol. The summed E-state index contributed by atoms with van der Waals surface area (Å²) < 4.78 is 6.57. The second-order valence-electron chi connectivity index (χ2n) is 4.04. The minimum atomic E-state index is 0.0766. The van der Waals surface area contributed by atoms with Crippen molar-refractivity contribution >= 4 is 21.6 Å². The Labute approximate surface area is 86.2 Å². The van der Waals surface area contributed by atoms with Gasteiger partial charge in [-0.1, -0.05) is 29.8 Å². The molecule has 2 N–H and O–H groups in total. The van der Waals surface area contributed by atoms with Crippen LogP contribution >= 0.6 is 15.9 Å². The predicted octanol–water partition coefficient (Wildman–Crippen LogP) is 2.70. The zero-order chi connectivity index (χ0) is 9.64. The minimum absolute atomic E-state index is 0.0766. The Morgan fingerprint density at radius 3 is 2.85 bits per heavy atom. The van der Waals surface area contributed by atoms with Gasteiger partial charge >= 0.3 is 0 Å². The van der Waals surface area contributed by atoms with Crippen molar-refractivity contribution in [3.63, 3.8) is 0 Å². The van der Waals surface area contributed by atoms with Crippen molar-refractivity contribution in [1.29, 1.82) is 0 Å². The van der Waals surface area contributed by atoms with Crippen molar-refractivity contribution in [2.24, 2.45) is 0 Å². The number of anilines is 1. The average Bonchev–Trinajstić information content (AvgIpc) is 2.28. The van der Waals surface area contributed by atoms with Gasteiger partial charge in [0.15, 0.2) is 0 Å². The molecule has 0 saturated carbocycles. The first-order chi connectivity index (χ1) is 6.00. The Balaban J connectivity index is 2.65. The van der Waals surface area contributed by atoms with E-state index in [0.29, 0.717) is 6.61 Å². The molecule has 70 valence electrons. The van der Waals surface area contributed by atoms with Crippen LogP contribution in [0.3, 0.4) is 0 Å². The van der Waals surface area contributed by atoms with Crippen molar-refractivity contribution in [2.45, 2.75) is 19.3 Å². The molecule has 0 spiro atoms. The average molecular weight is 242 g/mol. The maximum atomic E-state index is 5.84. The Kier molecular flexibility index (Phi) is 1.80. The van der Waals surface area contributed by atoms with Crippen LogP contribution in [0.15, 0.2) is 16.6 Å². The summed E-state index contributed by atoms with van der Waals surface area (Å²) in [5, 5.41) is 0. The zero-order valence-corrected chi connectivity index (χ0v) is 9.31. The third kappa shape index (κ3) is 1.31. The standard InChI is InChI=1S/C10H12BrNO/c1-10(2)5-13-9-7(10)3-6(11)4-8(9)12/h3-4H,5,12H2,1-2H3. The van der Waals surface area contributed by atoms with Crippen LogP contribution in [0.4, 0.5) is 5.69 Å². The Bertz CT molecular complexity index is 360. The summed E-state index contributed by atoms with van der Waals surface area (Å²) in [6.45, 7) is 5.03. The number of benzene rings is 1. The summed E-state index contributed by atoms with van der Waals surface area (Å²) in [6.07, 6.45) is 0. The monoisotopic (exact) mass is 241 g/mol. The molecule has 0 fully saturated rings. The van der Waals surface area contributed by atoms with Crippen LogP contribution in [0.25, 0.3) is 0 Å². The molecular formula is C10H12BrNO. The van der Waals surface area contributed by atoms with Gasteiger partial charge < -0.3 is 10.5 Å². The molecule has 1 aliphatic heterocycles. The largest absolute Gasteiger partial charge is 0.490 e. The van der Waals surface area contributed by atoms with Gasteiger partial charge in [-0.2, -0.15) is 0 Å². The highest BCUT2D eigenvalue weighted by molar-refractivity contribution is 9.10.